The highest BCUT2D eigenvalue weighted by Gasteiger charge is 2.32. The van der Waals surface area contributed by atoms with Crippen molar-refractivity contribution >= 4 is 6.40 Å². The van der Waals surface area contributed by atoms with E-state index in [9.17, 15) is 0 Å². The lowest BCUT2D eigenvalue weighted by Crippen LogP contribution is -2.17. The quantitative estimate of drug-likeness (QED) is 0.303. The maximum Gasteiger partial charge on any atom is 0.215 e. The molecule has 0 bridgehead atoms. The zero-order valence-corrected chi connectivity index (χ0v) is 9.62. The maximum absolute atomic E-state index is 4.62. The Kier molecular flexibility index (Phi) is 3.93. The van der Waals surface area contributed by atoms with Gasteiger partial charge in [-0.15, -0.1) is 0 Å². The zero-order chi connectivity index (χ0) is 10.6. The van der Waals surface area contributed by atoms with Crippen LogP contribution in [0.3, 0.4) is 0 Å². The van der Waals surface area contributed by atoms with Gasteiger partial charge in [-0.25, -0.2) is 0 Å². The maximum atomic E-state index is 4.62. The molecule has 1 saturated carbocycles. The number of aliphatic imine (C=N–C) groups is 1. The van der Waals surface area contributed by atoms with Gasteiger partial charge in [0.05, 0.1) is 13.2 Å². The lowest BCUT2D eigenvalue weighted by atomic mass is 9.80. The summed E-state index contributed by atoms with van der Waals surface area (Å²) in [5.74, 6) is 0.784. The second-order valence-corrected chi connectivity index (χ2v) is 5.05. The Labute approximate surface area is 86.4 Å². The van der Waals surface area contributed by atoms with E-state index in [4.69, 9.17) is 0 Å². The molecule has 1 rings (SSSR count). The van der Waals surface area contributed by atoms with Gasteiger partial charge in [0.1, 0.15) is 0 Å². The molecule has 1 aliphatic carbocycles. The summed E-state index contributed by atoms with van der Waals surface area (Å²) in [5.41, 5.74) is 0.409. The summed E-state index contributed by atoms with van der Waals surface area (Å²) in [6, 6.07) is 0.425. The van der Waals surface area contributed by atoms with E-state index >= 15 is 0 Å². The van der Waals surface area contributed by atoms with Gasteiger partial charge in [0.15, 0.2) is 0 Å². The van der Waals surface area contributed by atoms with Crippen molar-refractivity contribution in [2.45, 2.75) is 46.1 Å². The average Bonchev–Trinajstić information content (AvgIpc) is 2.52. The van der Waals surface area contributed by atoms with Gasteiger partial charge >= 0.3 is 0 Å². The molecule has 0 amide bonds. The van der Waals surface area contributed by atoms with Crippen molar-refractivity contribution in [1.29, 1.82) is 0 Å². The fourth-order valence-electron chi connectivity index (χ4n) is 2.03. The smallest absolute Gasteiger partial charge is 0.215 e. The molecular formula is C11H21NO2. The first-order valence-electron chi connectivity index (χ1n) is 5.25. The third-order valence-corrected chi connectivity index (χ3v) is 3.04. The highest BCUT2D eigenvalue weighted by molar-refractivity contribution is 5.45. The molecule has 3 heteroatoms. The number of nitrogens with zero attached hydrogens (tertiary/aromatic N) is 1. The second-order valence-electron chi connectivity index (χ2n) is 5.05. The van der Waals surface area contributed by atoms with Crippen molar-refractivity contribution < 1.29 is 9.78 Å². The van der Waals surface area contributed by atoms with Gasteiger partial charge in [0, 0.05) is 0 Å². The molecule has 0 aromatic heterocycles. The van der Waals surface area contributed by atoms with Crippen LogP contribution in [0.1, 0.15) is 40.0 Å². The summed E-state index contributed by atoms with van der Waals surface area (Å²) in [5, 5.41) is 0. The number of hydrogen-bond acceptors (Lipinski definition) is 3. The van der Waals surface area contributed by atoms with Crippen LogP contribution in [0.25, 0.3) is 0 Å². The van der Waals surface area contributed by atoms with Crippen molar-refractivity contribution in [3.05, 3.63) is 0 Å². The fourth-order valence-corrected chi connectivity index (χ4v) is 2.03. The van der Waals surface area contributed by atoms with E-state index in [2.05, 4.69) is 35.5 Å². The molecule has 0 heterocycles. The molecule has 0 spiro atoms. The molecule has 0 saturated heterocycles. The zero-order valence-electron chi connectivity index (χ0n) is 9.62. The first-order valence-corrected chi connectivity index (χ1v) is 5.25. The standard InChI is InChI=1S/C11H21NO2/c1-11(2,3)9-5-6-10(7-9)12-8-14-13-4/h8-10H,5-7H2,1-4H3/b12-8+/t9-,10+/m0/s1. The Balaban J connectivity index is 2.34. The SMILES string of the molecule is COO/C=N/[C@@H]1CC[C@H](C(C)(C)C)C1. The Morgan fingerprint density at radius 1 is 1.29 bits per heavy atom. The van der Waals surface area contributed by atoms with E-state index in [0.29, 0.717) is 11.5 Å². The minimum Gasteiger partial charge on any atom is -0.326 e. The van der Waals surface area contributed by atoms with Crippen LogP contribution < -0.4 is 0 Å². The summed E-state index contributed by atoms with van der Waals surface area (Å²) in [7, 11) is 1.48. The molecule has 3 nitrogen and oxygen atoms in total. The van der Waals surface area contributed by atoms with E-state index in [-0.39, 0.29) is 0 Å². The van der Waals surface area contributed by atoms with Gasteiger partial charge in [-0.1, -0.05) is 20.8 Å². The van der Waals surface area contributed by atoms with Gasteiger partial charge < -0.3 is 4.89 Å². The molecule has 0 aromatic carbocycles. The van der Waals surface area contributed by atoms with E-state index in [1.54, 1.807) is 0 Å². The Hall–Kier alpha value is -0.570. The predicted molar refractivity (Wildman–Crippen MR) is 57.2 cm³/mol. The van der Waals surface area contributed by atoms with Crippen LogP contribution in [-0.4, -0.2) is 19.6 Å². The average molecular weight is 199 g/mol. The number of hydrogen-bond donors (Lipinski definition) is 0. The third kappa shape index (κ3) is 3.29. The molecular weight excluding hydrogens is 178 g/mol. The molecule has 0 radical (unpaired) electrons. The normalized spacial score (nSPS) is 28.6. The molecule has 14 heavy (non-hydrogen) atoms. The Bertz CT molecular complexity index is 196. The second kappa shape index (κ2) is 4.78. The number of rotatable bonds is 3. The molecule has 0 aliphatic heterocycles. The van der Waals surface area contributed by atoms with Crippen molar-refractivity contribution in [3.63, 3.8) is 0 Å². The van der Waals surface area contributed by atoms with Crippen LogP contribution in [0.15, 0.2) is 4.99 Å². The highest BCUT2D eigenvalue weighted by Crippen LogP contribution is 2.40. The fraction of sp³-hybridized carbons (Fsp3) is 0.909. The molecule has 1 fully saturated rings. The molecule has 0 unspecified atom stereocenters. The van der Waals surface area contributed by atoms with Gasteiger partial charge in [-0.2, -0.15) is 4.89 Å². The molecule has 0 N–H and O–H groups in total. The van der Waals surface area contributed by atoms with Crippen molar-refractivity contribution in [2.75, 3.05) is 7.11 Å². The van der Waals surface area contributed by atoms with Gasteiger partial charge in [0.2, 0.25) is 6.40 Å². The van der Waals surface area contributed by atoms with Gasteiger partial charge in [0.25, 0.3) is 0 Å². The van der Waals surface area contributed by atoms with Crippen LogP contribution >= 0.6 is 0 Å². The largest absolute Gasteiger partial charge is 0.326 e. The summed E-state index contributed by atoms with van der Waals surface area (Å²) >= 11 is 0. The van der Waals surface area contributed by atoms with Crippen molar-refractivity contribution in [3.8, 4) is 0 Å². The summed E-state index contributed by atoms with van der Waals surface area (Å²) in [4.78, 5) is 13.4. The monoisotopic (exact) mass is 199 g/mol. The lowest BCUT2D eigenvalue weighted by molar-refractivity contribution is -0.188. The molecule has 2 atom stereocenters. The van der Waals surface area contributed by atoms with Crippen LogP contribution in [0.5, 0.6) is 0 Å². The van der Waals surface area contributed by atoms with E-state index in [1.165, 1.54) is 32.8 Å². The Morgan fingerprint density at radius 3 is 2.50 bits per heavy atom. The predicted octanol–water partition coefficient (Wildman–Crippen LogP) is 2.81. The Morgan fingerprint density at radius 2 is 2.00 bits per heavy atom. The lowest BCUT2D eigenvalue weighted by Gasteiger charge is -2.26. The van der Waals surface area contributed by atoms with Crippen molar-refractivity contribution in [1.82, 2.24) is 0 Å². The van der Waals surface area contributed by atoms with Crippen molar-refractivity contribution in [2.24, 2.45) is 16.3 Å². The first kappa shape index (κ1) is 11.5. The minimum atomic E-state index is 0.409. The molecule has 1 aliphatic rings. The summed E-state index contributed by atoms with van der Waals surface area (Å²) in [6.45, 7) is 6.90. The van der Waals surface area contributed by atoms with Gasteiger partial charge in [-0.3, -0.25) is 4.99 Å². The van der Waals surface area contributed by atoms with Crippen LogP contribution in [0.2, 0.25) is 0 Å². The molecule has 0 aromatic rings. The van der Waals surface area contributed by atoms with E-state index in [0.717, 1.165) is 5.92 Å². The first-order chi connectivity index (χ1) is 6.54. The van der Waals surface area contributed by atoms with Crippen LogP contribution in [-0.2, 0) is 9.78 Å². The summed E-state index contributed by atoms with van der Waals surface area (Å²) < 4.78 is 0. The van der Waals surface area contributed by atoms with Crippen LogP contribution in [0.4, 0.5) is 0 Å². The van der Waals surface area contributed by atoms with E-state index in [1.807, 2.05) is 0 Å². The van der Waals surface area contributed by atoms with E-state index < -0.39 is 0 Å². The minimum absolute atomic E-state index is 0.409. The topological polar surface area (TPSA) is 30.8 Å². The summed E-state index contributed by atoms with van der Waals surface area (Å²) in [6.07, 6.45) is 5.03. The third-order valence-electron chi connectivity index (χ3n) is 3.04. The van der Waals surface area contributed by atoms with Gasteiger partial charge in [-0.05, 0) is 30.6 Å². The van der Waals surface area contributed by atoms with Crippen LogP contribution in [0, 0.1) is 11.3 Å². The highest BCUT2D eigenvalue weighted by atomic mass is 17.2. The molecule has 82 valence electrons.